The Bertz CT molecular complexity index is 282. The normalized spacial score (nSPS) is 17.3. The van der Waals surface area contributed by atoms with Gasteiger partial charge >= 0.3 is 6.09 Å². The van der Waals surface area contributed by atoms with Crippen LogP contribution < -0.4 is 5.32 Å². The number of nitrogens with zero attached hydrogens (tertiary/aromatic N) is 1. The third-order valence-electron chi connectivity index (χ3n) is 2.41. The molecule has 1 rings (SSSR count). The van der Waals surface area contributed by atoms with E-state index in [2.05, 4.69) is 5.32 Å². The van der Waals surface area contributed by atoms with Crippen LogP contribution in [0, 0.1) is 0 Å². The smallest absolute Gasteiger partial charge is 0.404 e. The molecule has 84 valence electrons. The quantitative estimate of drug-likeness (QED) is 0.625. The summed E-state index contributed by atoms with van der Waals surface area (Å²) in [6.45, 7) is 2.11. The van der Waals surface area contributed by atoms with Crippen LogP contribution in [0.1, 0.15) is 19.8 Å². The fourth-order valence-corrected chi connectivity index (χ4v) is 1.62. The molecular formula is C9H14N2O4. The number of hydrogen-bond donors (Lipinski definition) is 2. The molecule has 1 heterocycles. The van der Waals surface area contributed by atoms with Crippen LogP contribution in [0.4, 0.5) is 4.79 Å². The fourth-order valence-electron chi connectivity index (χ4n) is 1.62. The molecule has 0 radical (unpaired) electrons. The molecule has 0 unspecified atom stereocenters. The van der Waals surface area contributed by atoms with Gasteiger partial charge in [-0.1, -0.05) is 0 Å². The second-order valence-corrected chi connectivity index (χ2v) is 3.57. The van der Waals surface area contributed by atoms with Gasteiger partial charge in [0.25, 0.3) is 5.91 Å². The summed E-state index contributed by atoms with van der Waals surface area (Å²) in [5.74, 6) is -0.955. The van der Waals surface area contributed by atoms with Crippen molar-refractivity contribution in [2.24, 2.45) is 0 Å². The standard InChI is InChI=1S/C9H14N2O4/c1-6(12)8(13)11-4-2-7(3-5-11)10-9(14)15/h7,10H,2-5H2,1H3,(H,14,15). The van der Waals surface area contributed by atoms with E-state index < -0.39 is 17.8 Å². The SMILES string of the molecule is CC(=O)C(=O)N1CCC(NC(=O)O)CC1. The summed E-state index contributed by atoms with van der Waals surface area (Å²) in [5.41, 5.74) is 0. The highest BCUT2D eigenvalue weighted by molar-refractivity contribution is 6.35. The minimum absolute atomic E-state index is 0.112. The van der Waals surface area contributed by atoms with Crippen molar-refractivity contribution in [2.75, 3.05) is 13.1 Å². The van der Waals surface area contributed by atoms with Gasteiger partial charge in [-0.2, -0.15) is 0 Å². The highest BCUT2D eigenvalue weighted by atomic mass is 16.4. The average Bonchev–Trinajstić information content (AvgIpc) is 2.17. The van der Waals surface area contributed by atoms with Gasteiger partial charge in [-0.25, -0.2) is 4.79 Å². The molecule has 0 aromatic rings. The summed E-state index contributed by atoms with van der Waals surface area (Å²) >= 11 is 0. The third kappa shape index (κ3) is 3.23. The van der Waals surface area contributed by atoms with Crippen LogP contribution in [0.2, 0.25) is 0 Å². The molecule has 2 amide bonds. The number of piperidine rings is 1. The van der Waals surface area contributed by atoms with Crippen molar-refractivity contribution < 1.29 is 19.5 Å². The highest BCUT2D eigenvalue weighted by Crippen LogP contribution is 2.10. The Balaban J connectivity index is 2.39. The molecule has 0 aliphatic carbocycles. The van der Waals surface area contributed by atoms with Gasteiger partial charge in [-0.05, 0) is 12.8 Å². The molecule has 2 N–H and O–H groups in total. The first-order chi connectivity index (χ1) is 7.00. The average molecular weight is 214 g/mol. The van der Waals surface area contributed by atoms with E-state index in [9.17, 15) is 14.4 Å². The van der Waals surface area contributed by atoms with Gasteiger partial charge in [0, 0.05) is 26.1 Å². The second kappa shape index (κ2) is 4.77. The molecule has 0 aromatic carbocycles. The van der Waals surface area contributed by atoms with Gasteiger partial charge in [-0.3, -0.25) is 9.59 Å². The van der Waals surface area contributed by atoms with Gasteiger partial charge < -0.3 is 15.3 Å². The van der Waals surface area contributed by atoms with Crippen molar-refractivity contribution in [3.05, 3.63) is 0 Å². The number of ketones is 1. The Morgan fingerprint density at radius 3 is 2.20 bits per heavy atom. The summed E-state index contributed by atoms with van der Waals surface area (Å²) < 4.78 is 0. The molecule has 1 aliphatic rings. The summed E-state index contributed by atoms with van der Waals surface area (Å²) in [6, 6.07) is -0.112. The highest BCUT2D eigenvalue weighted by Gasteiger charge is 2.25. The van der Waals surface area contributed by atoms with E-state index >= 15 is 0 Å². The van der Waals surface area contributed by atoms with Crippen molar-refractivity contribution >= 4 is 17.8 Å². The van der Waals surface area contributed by atoms with Crippen molar-refractivity contribution in [1.29, 1.82) is 0 Å². The molecule has 6 nitrogen and oxygen atoms in total. The van der Waals surface area contributed by atoms with Crippen LogP contribution in [0.25, 0.3) is 0 Å². The molecule has 0 bridgehead atoms. The number of carboxylic acid groups (broad SMARTS) is 1. The number of rotatable bonds is 2. The van der Waals surface area contributed by atoms with Crippen LogP contribution >= 0.6 is 0 Å². The Hall–Kier alpha value is -1.59. The van der Waals surface area contributed by atoms with Crippen molar-refractivity contribution in [3.63, 3.8) is 0 Å². The van der Waals surface area contributed by atoms with Crippen LogP contribution in [0.15, 0.2) is 0 Å². The first kappa shape index (κ1) is 11.5. The Kier molecular flexibility index (Phi) is 3.65. The monoisotopic (exact) mass is 214 g/mol. The summed E-state index contributed by atoms with van der Waals surface area (Å²) in [6.07, 6.45) is 0.0720. The van der Waals surface area contributed by atoms with E-state index in [4.69, 9.17) is 5.11 Å². The maximum Gasteiger partial charge on any atom is 0.404 e. The summed E-state index contributed by atoms with van der Waals surface area (Å²) in [5, 5.41) is 10.8. The minimum atomic E-state index is -1.05. The number of hydrogen-bond acceptors (Lipinski definition) is 3. The minimum Gasteiger partial charge on any atom is -0.465 e. The van der Waals surface area contributed by atoms with Crippen LogP contribution in [-0.2, 0) is 9.59 Å². The predicted molar refractivity (Wildman–Crippen MR) is 51.4 cm³/mol. The molecule has 15 heavy (non-hydrogen) atoms. The molecule has 0 atom stereocenters. The Morgan fingerprint density at radius 2 is 1.80 bits per heavy atom. The maximum absolute atomic E-state index is 11.3. The van der Waals surface area contributed by atoms with Gasteiger partial charge in [0.1, 0.15) is 0 Å². The number of carbonyl (C=O) groups excluding carboxylic acids is 2. The zero-order valence-corrected chi connectivity index (χ0v) is 8.52. The predicted octanol–water partition coefficient (Wildman–Crippen LogP) is -0.166. The number of nitrogens with one attached hydrogen (secondary N) is 1. The van der Waals surface area contributed by atoms with E-state index in [1.807, 2.05) is 0 Å². The molecule has 6 heteroatoms. The van der Waals surface area contributed by atoms with Gasteiger partial charge in [0.2, 0.25) is 5.78 Å². The second-order valence-electron chi connectivity index (χ2n) is 3.57. The molecule has 0 saturated carbocycles. The number of likely N-dealkylation sites (tertiary alicyclic amines) is 1. The van der Waals surface area contributed by atoms with E-state index in [-0.39, 0.29) is 6.04 Å². The number of amides is 2. The lowest BCUT2D eigenvalue weighted by atomic mass is 10.1. The first-order valence-corrected chi connectivity index (χ1v) is 4.80. The summed E-state index contributed by atoms with van der Waals surface area (Å²) in [7, 11) is 0. The van der Waals surface area contributed by atoms with E-state index in [1.54, 1.807) is 0 Å². The fraction of sp³-hybridized carbons (Fsp3) is 0.667. The van der Waals surface area contributed by atoms with Crippen molar-refractivity contribution in [2.45, 2.75) is 25.8 Å². The lowest BCUT2D eigenvalue weighted by molar-refractivity contribution is -0.144. The van der Waals surface area contributed by atoms with E-state index in [0.29, 0.717) is 25.9 Å². The first-order valence-electron chi connectivity index (χ1n) is 4.80. The maximum atomic E-state index is 11.3. The number of carbonyl (C=O) groups is 3. The van der Waals surface area contributed by atoms with Crippen molar-refractivity contribution in [3.8, 4) is 0 Å². The van der Waals surface area contributed by atoms with Gasteiger partial charge in [-0.15, -0.1) is 0 Å². The molecule has 0 spiro atoms. The molecular weight excluding hydrogens is 200 g/mol. The molecule has 0 aromatic heterocycles. The molecule has 1 saturated heterocycles. The van der Waals surface area contributed by atoms with E-state index in [1.165, 1.54) is 11.8 Å². The summed E-state index contributed by atoms with van der Waals surface area (Å²) in [4.78, 5) is 33.9. The molecule has 1 fully saturated rings. The zero-order valence-electron chi connectivity index (χ0n) is 8.52. The zero-order chi connectivity index (χ0) is 11.4. The van der Waals surface area contributed by atoms with Crippen LogP contribution in [0.3, 0.4) is 0 Å². The largest absolute Gasteiger partial charge is 0.465 e. The lowest BCUT2D eigenvalue weighted by Gasteiger charge is -2.31. The van der Waals surface area contributed by atoms with Crippen LogP contribution in [0.5, 0.6) is 0 Å². The van der Waals surface area contributed by atoms with Crippen LogP contribution in [-0.4, -0.2) is 46.9 Å². The lowest BCUT2D eigenvalue weighted by Crippen LogP contribution is -2.47. The Labute approximate surface area is 87.2 Å². The van der Waals surface area contributed by atoms with Gasteiger partial charge in [0.05, 0.1) is 0 Å². The van der Waals surface area contributed by atoms with Gasteiger partial charge in [0.15, 0.2) is 0 Å². The van der Waals surface area contributed by atoms with Crippen molar-refractivity contribution in [1.82, 2.24) is 10.2 Å². The molecule has 1 aliphatic heterocycles. The number of Topliss-reactive ketones (excluding diaryl/α,β-unsaturated/α-hetero) is 1. The Morgan fingerprint density at radius 1 is 1.27 bits per heavy atom. The topological polar surface area (TPSA) is 86.7 Å². The third-order valence-corrected chi connectivity index (χ3v) is 2.41. The van der Waals surface area contributed by atoms with E-state index in [0.717, 1.165) is 0 Å².